The van der Waals surface area contributed by atoms with Gasteiger partial charge in [0.25, 0.3) is 5.91 Å². The van der Waals surface area contributed by atoms with Gasteiger partial charge in [-0.1, -0.05) is 18.2 Å². The van der Waals surface area contributed by atoms with Crippen LogP contribution in [0, 0.1) is 0 Å². The molecule has 0 bridgehead atoms. The summed E-state index contributed by atoms with van der Waals surface area (Å²) in [5, 5.41) is 2.92. The summed E-state index contributed by atoms with van der Waals surface area (Å²) in [6, 6.07) is 9.33. The lowest BCUT2D eigenvalue weighted by molar-refractivity contribution is 0.0977. The zero-order chi connectivity index (χ0) is 17.2. The number of para-hydroxylation sites is 1. The Hall–Kier alpha value is -2.23. The second-order valence-corrected chi connectivity index (χ2v) is 7.63. The van der Waals surface area contributed by atoms with Crippen molar-refractivity contribution < 1.29 is 22.4 Å². The van der Waals surface area contributed by atoms with E-state index in [-0.39, 0.29) is 18.1 Å². The van der Waals surface area contributed by atoms with E-state index in [1.165, 1.54) is 23.8 Å². The molecule has 3 aromatic rings. The van der Waals surface area contributed by atoms with Crippen molar-refractivity contribution in [3.05, 3.63) is 41.4 Å². The zero-order valence-electron chi connectivity index (χ0n) is 12.7. The van der Waals surface area contributed by atoms with Crippen LogP contribution in [0.5, 0.6) is 0 Å². The Morgan fingerprint density at radius 2 is 2.17 bits per heavy atom. The summed E-state index contributed by atoms with van der Waals surface area (Å²) in [7, 11) is -2.36. The van der Waals surface area contributed by atoms with E-state index in [2.05, 4.69) is 4.98 Å². The second-order valence-electron chi connectivity index (χ2n) is 4.93. The van der Waals surface area contributed by atoms with Crippen molar-refractivity contribution >= 4 is 38.2 Å². The van der Waals surface area contributed by atoms with Gasteiger partial charge in [-0.2, -0.15) is 0 Å². The molecule has 0 aliphatic rings. The van der Waals surface area contributed by atoms with Gasteiger partial charge in [0.2, 0.25) is 10.0 Å². The minimum absolute atomic E-state index is 0.00388. The fraction of sp³-hybridized carbons (Fsp3) is 0.200. The van der Waals surface area contributed by atoms with Gasteiger partial charge >= 0.3 is 0 Å². The average molecular weight is 366 g/mol. The number of furan rings is 1. The number of carbonyl (C=O) groups is 1. The number of ether oxygens (including phenoxy) is 1. The molecule has 24 heavy (non-hydrogen) atoms. The maximum Gasteiger partial charge on any atom is 0.284 e. The van der Waals surface area contributed by atoms with Crippen LogP contribution in [-0.2, 0) is 14.8 Å². The summed E-state index contributed by atoms with van der Waals surface area (Å²) in [6.45, 7) is 0.00388. The molecule has 7 nitrogen and oxygen atoms in total. The number of aromatic nitrogens is 1. The molecule has 0 fully saturated rings. The fourth-order valence-corrected chi connectivity index (χ4v) is 3.64. The molecule has 1 aromatic carbocycles. The highest BCUT2D eigenvalue weighted by atomic mass is 32.2. The van der Waals surface area contributed by atoms with Crippen molar-refractivity contribution in [3.8, 4) is 10.8 Å². The van der Waals surface area contributed by atoms with Crippen LogP contribution >= 0.6 is 11.3 Å². The van der Waals surface area contributed by atoms with Crippen LogP contribution in [0.15, 0.2) is 40.1 Å². The van der Waals surface area contributed by atoms with Crippen LogP contribution in [0.1, 0.15) is 10.5 Å². The number of carbonyl (C=O) groups excluding carboxylic acids is 1. The van der Waals surface area contributed by atoms with Gasteiger partial charge in [-0.15, -0.1) is 11.3 Å². The predicted octanol–water partition coefficient (Wildman–Crippen LogP) is 2.26. The molecule has 1 N–H and O–H groups in total. The first-order chi connectivity index (χ1) is 11.5. The van der Waals surface area contributed by atoms with Crippen LogP contribution in [0.2, 0.25) is 0 Å². The largest absolute Gasteiger partial charge is 0.454 e. The first-order valence-electron chi connectivity index (χ1n) is 6.97. The molecule has 2 heterocycles. The smallest absolute Gasteiger partial charge is 0.284 e. The van der Waals surface area contributed by atoms with Crippen LogP contribution < -0.4 is 4.72 Å². The molecule has 0 aliphatic carbocycles. The molecule has 1 amide bonds. The number of methoxy groups -OCH3 is 1. The molecular formula is C15H14N2O5S2. The third kappa shape index (κ3) is 3.64. The van der Waals surface area contributed by atoms with E-state index >= 15 is 0 Å². The van der Waals surface area contributed by atoms with Crippen molar-refractivity contribution in [1.82, 2.24) is 9.71 Å². The highest BCUT2D eigenvalue weighted by molar-refractivity contribution is 7.90. The number of hydrogen-bond acceptors (Lipinski definition) is 7. The molecule has 3 rings (SSSR count). The number of nitrogens with zero attached hydrogens (tertiary/aromatic N) is 1. The highest BCUT2D eigenvalue weighted by Crippen LogP contribution is 2.29. The summed E-state index contributed by atoms with van der Waals surface area (Å²) in [5.74, 6) is -0.539. The second kappa shape index (κ2) is 6.71. The molecule has 0 spiro atoms. The van der Waals surface area contributed by atoms with Crippen LogP contribution in [0.25, 0.3) is 21.7 Å². The molecule has 0 unspecified atom stereocenters. The summed E-state index contributed by atoms with van der Waals surface area (Å²) in [4.78, 5) is 16.2. The highest BCUT2D eigenvalue weighted by Gasteiger charge is 2.19. The fourth-order valence-electron chi connectivity index (χ4n) is 2.02. The third-order valence-electron chi connectivity index (χ3n) is 3.18. The standard InChI is InChI=1S/C15H14N2O5S2/c1-21-6-7-24(19,20)17-14(18)11-9-23-15(16-11)13-8-10-4-2-3-5-12(10)22-13/h2-5,8-9H,6-7H2,1H3,(H,17,18). The van der Waals surface area contributed by atoms with E-state index in [9.17, 15) is 13.2 Å². The lowest BCUT2D eigenvalue weighted by atomic mass is 10.2. The zero-order valence-corrected chi connectivity index (χ0v) is 14.3. The van der Waals surface area contributed by atoms with E-state index in [0.29, 0.717) is 10.8 Å². The van der Waals surface area contributed by atoms with Gasteiger partial charge in [0.1, 0.15) is 11.3 Å². The van der Waals surface area contributed by atoms with Gasteiger partial charge in [-0.3, -0.25) is 4.79 Å². The Bertz CT molecular complexity index is 942. The Balaban J connectivity index is 1.78. The summed E-state index contributed by atoms with van der Waals surface area (Å²) in [6.07, 6.45) is 0. The Labute approximate surface area is 142 Å². The van der Waals surface area contributed by atoms with Gasteiger partial charge in [-0.25, -0.2) is 18.1 Å². The van der Waals surface area contributed by atoms with Crippen molar-refractivity contribution in [2.24, 2.45) is 0 Å². The van der Waals surface area contributed by atoms with E-state index in [4.69, 9.17) is 9.15 Å². The Morgan fingerprint density at radius 3 is 2.92 bits per heavy atom. The van der Waals surface area contributed by atoms with Crippen molar-refractivity contribution in [3.63, 3.8) is 0 Å². The van der Waals surface area contributed by atoms with Crippen molar-refractivity contribution in [2.45, 2.75) is 0 Å². The minimum Gasteiger partial charge on any atom is -0.454 e. The molecule has 0 aliphatic heterocycles. The predicted molar refractivity (Wildman–Crippen MR) is 90.5 cm³/mol. The number of nitrogens with one attached hydrogen (secondary N) is 1. The van der Waals surface area contributed by atoms with Crippen molar-refractivity contribution in [2.75, 3.05) is 19.5 Å². The molecule has 0 saturated heterocycles. The lowest BCUT2D eigenvalue weighted by Gasteiger charge is -2.04. The van der Waals surface area contributed by atoms with Crippen LogP contribution in [0.3, 0.4) is 0 Å². The number of sulfonamides is 1. The van der Waals surface area contributed by atoms with Crippen molar-refractivity contribution in [1.29, 1.82) is 0 Å². The molecule has 0 saturated carbocycles. The van der Waals surface area contributed by atoms with Gasteiger partial charge in [0.15, 0.2) is 10.8 Å². The van der Waals surface area contributed by atoms with E-state index in [1.807, 2.05) is 35.1 Å². The Morgan fingerprint density at radius 1 is 1.38 bits per heavy atom. The first-order valence-corrected chi connectivity index (χ1v) is 9.50. The summed E-state index contributed by atoms with van der Waals surface area (Å²) >= 11 is 1.20. The normalized spacial score (nSPS) is 11.7. The number of fused-ring (bicyclic) bond motifs is 1. The SMILES string of the molecule is COCCS(=O)(=O)NC(=O)c1csc(-c2cc3ccccc3o2)n1. The van der Waals surface area contributed by atoms with Crippen LogP contribution in [-0.4, -0.2) is 38.8 Å². The van der Waals surface area contributed by atoms with Crippen LogP contribution in [0.4, 0.5) is 0 Å². The maximum absolute atomic E-state index is 12.0. The maximum atomic E-state index is 12.0. The van der Waals surface area contributed by atoms with E-state index in [1.54, 1.807) is 0 Å². The molecule has 126 valence electrons. The van der Waals surface area contributed by atoms with Gasteiger partial charge in [0, 0.05) is 17.9 Å². The van der Waals surface area contributed by atoms with Gasteiger partial charge in [0.05, 0.1) is 12.4 Å². The number of amides is 1. The molecule has 0 radical (unpaired) electrons. The number of hydrogen-bond donors (Lipinski definition) is 1. The molecule has 2 aromatic heterocycles. The molecule has 0 atom stereocenters. The number of thiazole rings is 1. The average Bonchev–Trinajstić information content (AvgIpc) is 3.18. The molecular weight excluding hydrogens is 352 g/mol. The quantitative estimate of drug-likeness (QED) is 0.718. The van der Waals surface area contributed by atoms with E-state index in [0.717, 1.165) is 11.0 Å². The van der Waals surface area contributed by atoms with E-state index < -0.39 is 15.9 Å². The van der Waals surface area contributed by atoms with Gasteiger partial charge < -0.3 is 9.15 Å². The number of rotatable bonds is 6. The van der Waals surface area contributed by atoms with Gasteiger partial charge in [-0.05, 0) is 12.1 Å². The minimum atomic E-state index is -3.75. The topological polar surface area (TPSA) is 98.5 Å². The third-order valence-corrected chi connectivity index (χ3v) is 5.23. The summed E-state index contributed by atoms with van der Waals surface area (Å²) in [5.41, 5.74) is 0.743. The Kier molecular flexibility index (Phi) is 4.65. The lowest BCUT2D eigenvalue weighted by Crippen LogP contribution is -2.33. The molecule has 9 heteroatoms. The number of benzene rings is 1. The first kappa shape index (κ1) is 16.6. The monoisotopic (exact) mass is 366 g/mol. The summed E-state index contributed by atoms with van der Waals surface area (Å²) < 4.78 is 35.8.